The monoisotopic (exact) mass is 570 g/mol. The average Bonchev–Trinajstić information content (AvgIpc) is 2.88. The van der Waals surface area contributed by atoms with E-state index in [0.717, 1.165) is 25.7 Å². The molecule has 0 unspecified atom stereocenters. The molecule has 0 radical (unpaired) electrons. The van der Waals surface area contributed by atoms with Crippen molar-refractivity contribution < 1.29 is 24.3 Å². The van der Waals surface area contributed by atoms with Crippen LogP contribution in [0.5, 0.6) is 0 Å². The van der Waals surface area contributed by atoms with Gasteiger partial charge >= 0.3 is 0 Å². The SMILES string of the molecule is CCCCCCCCCCCCCCCCCC(=O)CCCCCCCCCCCCCCCCC.[Zn]. The number of unbranched alkanes of at least 4 members (excludes halogenated alkanes) is 28. The van der Waals surface area contributed by atoms with E-state index in [1.165, 1.54) is 180 Å². The van der Waals surface area contributed by atoms with Crippen molar-refractivity contribution in [2.24, 2.45) is 0 Å². The first kappa shape index (κ1) is 39.4. The Kier molecular flexibility index (Phi) is 38.7. The van der Waals surface area contributed by atoms with Gasteiger partial charge < -0.3 is 0 Å². The fourth-order valence-corrected chi connectivity index (χ4v) is 5.51. The minimum Gasteiger partial charge on any atom is -0.300 e. The molecule has 2 heteroatoms. The van der Waals surface area contributed by atoms with Gasteiger partial charge in [0.1, 0.15) is 5.78 Å². The fraction of sp³-hybridized carbons (Fsp3) is 0.971. The van der Waals surface area contributed by atoms with E-state index in [2.05, 4.69) is 13.8 Å². The summed E-state index contributed by atoms with van der Waals surface area (Å²) in [6, 6.07) is 0. The summed E-state index contributed by atoms with van der Waals surface area (Å²) in [6.45, 7) is 4.59. The Morgan fingerprint density at radius 2 is 0.459 bits per heavy atom. The molecule has 0 fully saturated rings. The molecule has 0 aromatic heterocycles. The van der Waals surface area contributed by atoms with E-state index in [1.54, 1.807) is 0 Å². The molecule has 0 aromatic carbocycles. The summed E-state index contributed by atoms with van der Waals surface area (Å²) in [4.78, 5) is 12.1. The smallest absolute Gasteiger partial charge is 0.132 e. The van der Waals surface area contributed by atoms with Crippen LogP contribution in [0.2, 0.25) is 0 Å². The number of hydrogen-bond acceptors (Lipinski definition) is 1. The second-order valence-corrected chi connectivity index (χ2v) is 11.9. The van der Waals surface area contributed by atoms with E-state index in [-0.39, 0.29) is 19.5 Å². The summed E-state index contributed by atoms with van der Waals surface area (Å²) in [6.07, 6.45) is 43.4. The van der Waals surface area contributed by atoms with Gasteiger partial charge in [-0.25, -0.2) is 0 Å². The first-order valence-electron chi connectivity index (χ1n) is 17.3. The zero-order chi connectivity index (χ0) is 26.2. The van der Waals surface area contributed by atoms with E-state index >= 15 is 0 Å². The second-order valence-electron chi connectivity index (χ2n) is 11.9. The summed E-state index contributed by atoms with van der Waals surface area (Å²) in [5.41, 5.74) is 0. The van der Waals surface area contributed by atoms with Crippen LogP contribution in [0.15, 0.2) is 0 Å². The molecule has 0 aliphatic rings. The maximum atomic E-state index is 12.1. The molecular weight excluding hydrogens is 502 g/mol. The zero-order valence-corrected chi connectivity index (χ0v) is 29.2. The van der Waals surface area contributed by atoms with Gasteiger partial charge in [-0.2, -0.15) is 0 Å². The molecule has 0 aliphatic carbocycles. The van der Waals surface area contributed by atoms with Crippen LogP contribution in [-0.2, 0) is 24.3 Å². The van der Waals surface area contributed by atoms with Gasteiger partial charge in [0.25, 0.3) is 0 Å². The van der Waals surface area contributed by atoms with Gasteiger partial charge in [0.05, 0.1) is 0 Å². The summed E-state index contributed by atoms with van der Waals surface area (Å²) < 4.78 is 0. The molecule has 0 aliphatic heterocycles. The maximum Gasteiger partial charge on any atom is 0.132 e. The van der Waals surface area contributed by atoms with Crippen LogP contribution in [0.25, 0.3) is 0 Å². The first-order chi connectivity index (χ1) is 17.8. The van der Waals surface area contributed by atoms with Gasteiger partial charge in [0, 0.05) is 32.3 Å². The number of ketones is 1. The molecule has 0 atom stereocenters. The van der Waals surface area contributed by atoms with E-state index in [0.29, 0.717) is 5.78 Å². The standard InChI is InChI=1S/C35H70O.Zn/c1-3-5-7-9-11-13-15-17-19-21-23-25-27-29-31-33-35(36)34-32-30-28-26-24-22-20-18-16-14-12-10-8-6-4-2;/h3-34H2,1-2H3;. The molecule has 0 N–H and O–H groups in total. The van der Waals surface area contributed by atoms with Crippen molar-refractivity contribution in [2.75, 3.05) is 0 Å². The van der Waals surface area contributed by atoms with Crippen molar-refractivity contribution >= 4 is 5.78 Å². The van der Waals surface area contributed by atoms with Crippen LogP contribution in [0.3, 0.4) is 0 Å². The van der Waals surface area contributed by atoms with Crippen LogP contribution in [0, 0.1) is 0 Å². The fourth-order valence-electron chi connectivity index (χ4n) is 5.51. The zero-order valence-electron chi connectivity index (χ0n) is 26.2. The Morgan fingerprint density at radius 3 is 0.649 bits per heavy atom. The topological polar surface area (TPSA) is 17.1 Å². The van der Waals surface area contributed by atoms with Gasteiger partial charge in [-0.1, -0.05) is 194 Å². The Balaban J connectivity index is 0. The Hall–Kier alpha value is 0.293. The molecule has 0 heterocycles. The third-order valence-electron chi connectivity index (χ3n) is 8.12. The Morgan fingerprint density at radius 1 is 0.297 bits per heavy atom. The molecule has 0 amide bonds. The molecule has 37 heavy (non-hydrogen) atoms. The summed E-state index contributed by atoms with van der Waals surface area (Å²) >= 11 is 0. The van der Waals surface area contributed by atoms with E-state index in [9.17, 15) is 4.79 Å². The van der Waals surface area contributed by atoms with Crippen LogP contribution < -0.4 is 0 Å². The number of carbonyl (C=O) groups excluding carboxylic acids is 1. The molecule has 0 aromatic rings. The molecule has 0 spiro atoms. The van der Waals surface area contributed by atoms with E-state index in [1.807, 2.05) is 0 Å². The van der Waals surface area contributed by atoms with Crippen molar-refractivity contribution in [3.8, 4) is 0 Å². The third kappa shape index (κ3) is 36.3. The number of carbonyl (C=O) groups is 1. The molecule has 1 nitrogen and oxygen atoms in total. The molecule has 0 bridgehead atoms. The number of Topliss-reactive ketones (excluding diaryl/α,β-unsaturated/α-hetero) is 1. The molecule has 0 saturated carbocycles. The molecule has 218 valence electrons. The number of rotatable bonds is 32. The second kappa shape index (κ2) is 36.3. The minimum absolute atomic E-state index is 0. The van der Waals surface area contributed by atoms with Gasteiger partial charge in [-0.05, 0) is 12.8 Å². The van der Waals surface area contributed by atoms with Crippen LogP contribution in [-0.4, -0.2) is 5.78 Å². The van der Waals surface area contributed by atoms with Gasteiger partial charge in [-0.15, -0.1) is 0 Å². The predicted molar refractivity (Wildman–Crippen MR) is 164 cm³/mol. The Labute approximate surface area is 248 Å². The minimum atomic E-state index is 0. The maximum absolute atomic E-state index is 12.1. The largest absolute Gasteiger partial charge is 0.300 e. The molecule has 0 saturated heterocycles. The van der Waals surface area contributed by atoms with Gasteiger partial charge in [0.2, 0.25) is 0 Å². The first-order valence-corrected chi connectivity index (χ1v) is 17.3. The van der Waals surface area contributed by atoms with Crippen molar-refractivity contribution in [1.29, 1.82) is 0 Å². The predicted octanol–water partition coefficient (Wildman–Crippen LogP) is 13.1. The van der Waals surface area contributed by atoms with Crippen LogP contribution in [0.1, 0.15) is 219 Å². The van der Waals surface area contributed by atoms with Crippen molar-refractivity contribution in [1.82, 2.24) is 0 Å². The van der Waals surface area contributed by atoms with Crippen molar-refractivity contribution in [3.63, 3.8) is 0 Å². The third-order valence-corrected chi connectivity index (χ3v) is 8.12. The van der Waals surface area contributed by atoms with E-state index in [4.69, 9.17) is 0 Å². The Bertz CT molecular complexity index is 372. The van der Waals surface area contributed by atoms with Gasteiger partial charge in [-0.3, -0.25) is 4.79 Å². The van der Waals surface area contributed by atoms with Crippen molar-refractivity contribution in [2.45, 2.75) is 219 Å². The van der Waals surface area contributed by atoms with Crippen LogP contribution >= 0.6 is 0 Å². The van der Waals surface area contributed by atoms with Gasteiger partial charge in [0.15, 0.2) is 0 Å². The average molecular weight is 572 g/mol. The molecular formula is C35H70OZn. The quantitative estimate of drug-likeness (QED) is 0.0579. The van der Waals surface area contributed by atoms with Crippen molar-refractivity contribution in [3.05, 3.63) is 0 Å². The number of hydrogen-bond donors (Lipinski definition) is 0. The van der Waals surface area contributed by atoms with Crippen LogP contribution in [0.4, 0.5) is 0 Å². The summed E-state index contributed by atoms with van der Waals surface area (Å²) in [5, 5.41) is 0. The molecule has 0 rings (SSSR count). The summed E-state index contributed by atoms with van der Waals surface area (Å²) in [5.74, 6) is 0.527. The normalized spacial score (nSPS) is 11.1. The summed E-state index contributed by atoms with van der Waals surface area (Å²) in [7, 11) is 0. The van der Waals surface area contributed by atoms with E-state index < -0.39 is 0 Å².